The van der Waals surface area contributed by atoms with Crippen LogP contribution in [0.1, 0.15) is 28.6 Å². The molecule has 1 aromatic carbocycles. The van der Waals surface area contributed by atoms with Crippen LogP contribution in [0.5, 0.6) is 0 Å². The zero-order valence-electron chi connectivity index (χ0n) is 14.8. The van der Waals surface area contributed by atoms with Crippen molar-refractivity contribution in [2.75, 3.05) is 18.6 Å². The first-order chi connectivity index (χ1) is 12.5. The van der Waals surface area contributed by atoms with Crippen LogP contribution in [-0.2, 0) is 22.5 Å². The van der Waals surface area contributed by atoms with Crippen molar-refractivity contribution in [1.29, 1.82) is 0 Å². The molecule has 2 unspecified atom stereocenters. The van der Waals surface area contributed by atoms with E-state index in [1.54, 1.807) is 6.07 Å². The number of carboxylic acids is 1. The van der Waals surface area contributed by atoms with Crippen LogP contribution < -0.4 is 10.2 Å². The minimum atomic E-state index is -1.12. The molecule has 1 aromatic heterocycles. The molecular formula is C19H22N2O5. The molecule has 7 heteroatoms. The first kappa shape index (κ1) is 18.0. The number of aliphatic carboxylic acids is 1. The molecule has 3 rings (SSSR count). The van der Waals surface area contributed by atoms with E-state index in [4.69, 9.17) is 14.3 Å². The molecule has 0 spiro atoms. The van der Waals surface area contributed by atoms with Crippen LogP contribution in [-0.4, -0.2) is 42.8 Å². The molecule has 26 heavy (non-hydrogen) atoms. The number of benzene rings is 1. The predicted molar refractivity (Wildman–Crippen MR) is 95.3 cm³/mol. The minimum Gasteiger partial charge on any atom is -0.479 e. The molecule has 0 aliphatic carbocycles. The van der Waals surface area contributed by atoms with Gasteiger partial charge in [0, 0.05) is 18.8 Å². The first-order valence-corrected chi connectivity index (χ1v) is 8.46. The summed E-state index contributed by atoms with van der Waals surface area (Å²) in [6.45, 7) is 2.50. The summed E-state index contributed by atoms with van der Waals surface area (Å²) in [4.78, 5) is 25.6. The van der Waals surface area contributed by atoms with Gasteiger partial charge in [-0.3, -0.25) is 4.79 Å². The maximum absolute atomic E-state index is 12.4. The zero-order valence-corrected chi connectivity index (χ0v) is 14.8. The van der Waals surface area contributed by atoms with E-state index in [0.717, 1.165) is 12.1 Å². The quantitative estimate of drug-likeness (QED) is 0.787. The second-order valence-electron chi connectivity index (χ2n) is 6.34. The van der Waals surface area contributed by atoms with E-state index in [1.165, 1.54) is 18.9 Å². The van der Waals surface area contributed by atoms with Gasteiger partial charge in [-0.05, 0) is 31.0 Å². The summed E-state index contributed by atoms with van der Waals surface area (Å²) in [5.74, 6) is -0.949. The normalized spacial score (nSPS) is 17.0. The van der Waals surface area contributed by atoms with Gasteiger partial charge in [0.2, 0.25) is 0 Å². The number of para-hydroxylation sites is 1. The van der Waals surface area contributed by atoms with Crippen molar-refractivity contribution in [2.24, 2.45) is 0 Å². The van der Waals surface area contributed by atoms with E-state index >= 15 is 0 Å². The highest BCUT2D eigenvalue weighted by Gasteiger charge is 2.28. The molecule has 1 aliphatic heterocycles. The molecule has 7 nitrogen and oxygen atoms in total. The van der Waals surface area contributed by atoms with Crippen LogP contribution in [0.25, 0.3) is 0 Å². The van der Waals surface area contributed by atoms with E-state index < -0.39 is 12.1 Å². The zero-order chi connectivity index (χ0) is 18.7. The Morgan fingerprint density at radius 2 is 2.15 bits per heavy atom. The van der Waals surface area contributed by atoms with E-state index in [2.05, 4.69) is 29.3 Å². The van der Waals surface area contributed by atoms with Crippen LogP contribution in [0.2, 0.25) is 0 Å². The number of furan rings is 1. The minimum absolute atomic E-state index is 0.113. The van der Waals surface area contributed by atoms with Gasteiger partial charge in [-0.2, -0.15) is 0 Å². The number of carbonyl (C=O) groups is 2. The molecular weight excluding hydrogens is 336 g/mol. The maximum atomic E-state index is 12.4. The fourth-order valence-corrected chi connectivity index (χ4v) is 3.24. The van der Waals surface area contributed by atoms with Crippen molar-refractivity contribution in [3.8, 4) is 0 Å². The molecule has 138 valence electrons. The lowest BCUT2D eigenvalue weighted by Gasteiger charge is -2.24. The number of rotatable bonds is 7. The Morgan fingerprint density at radius 3 is 2.88 bits per heavy atom. The van der Waals surface area contributed by atoms with E-state index in [1.807, 2.05) is 12.1 Å². The highest BCUT2D eigenvalue weighted by molar-refractivity contribution is 5.95. The topological polar surface area (TPSA) is 92.0 Å². The molecule has 1 amide bonds. The predicted octanol–water partition coefficient (Wildman–Crippen LogP) is 2.06. The second-order valence-corrected chi connectivity index (χ2v) is 6.34. The molecule has 0 saturated carbocycles. The van der Waals surface area contributed by atoms with Crippen molar-refractivity contribution in [3.63, 3.8) is 0 Å². The lowest BCUT2D eigenvalue weighted by atomic mass is 10.1. The molecule has 0 radical (unpaired) electrons. The Hall–Kier alpha value is -2.80. The molecule has 2 aromatic rings. The molecule has 2 heterocycles. The lowest BCUT2D eigenvalue weighted by molar-refractivity contribution is -0.148. The average molecular weight is 358 g/mol. The third kappa shape index (κ3) is 3.57. The Balaban J connectivity index is 1.71. The van der Waals surface area contributed by atoms with Gasteiger partial charge < -0.3 is 24.5 Å². The molecule has 0 saturated heterocycles. The summed E-state index contributed by atoms with van der Waals surface area (Å²) in [5, 5.41) is 11.6. The number of methoxy groups -OCH3 is 1. The van der Waals surface area contributed by atoms with Crippen molar-refractivity contribution >= 4 is 17.6 Å². The number of nitrogens with zero attached hydrogens (tertiary/aromatic N) is 1. The van der Waals surface area contributed by atoms with Crippen LogP contribution >= 0.6 is 0 Å². The number of anilines is 1. The standard InChI is InChI=1S/C19H22N2O5/c1-12-9-13-5-3-4-6-15(13)21(12)11-17-14(7-8-26-17)18(22)20-10-16(25-2)19(23)24/h3-8,12,16H,9-11H2,1-2H3,(H,20,22)(H,23,24). The van der Waals surface area contributed by atoms with Crippen LogP contribution in [0, 0.1) is 0 Å². The number of hydrogen-bond acceptors (Lipinski definition) is 5. The third-order valence-corrected chi connectivity index (χ3v) is 4.66. The summed E-state index contributed by atoms with van der Waals surface area (Å²) >= 11 is 0. The van der Waals surface area contributed by atoms with Crippen molar-refractivity contribution in [1.82, 2.24) is 5.32 Å². The number of carboxylic acid groups (broad SMARTS) is 1. The van der Waals surface area contributed by atoms with Gasteiger partial charge in [-0.1, -0.05) is 18.2 Å². The van der Waals surface area contributed by atoms with Crippen LogP contribution in [0.3, 0.4) is 0 Å². The summed E-state index contributed by atoms with van der Waals surface area (Å²) in [7, 11) is 1.29. The van der Waals surface area contributed by atoms with Crippen molar-refractivity contribution < 1.29 is 23.8 Å². The number of fused-ring (bicyclic) bond motifs is 1. The van der Waals surface area contributed by atoms with E-state index in [-0.39, 0.29) is 12.5 Å². The SMILES string of the molecule is COC(CNC(=O)c1ccoc1CN1c2ccccc2CC1C)C(=O)O. The van der Waals surface area contributed by atoms with Crippen molar-refractivity contribution in [3.05, 3.63) is 53.5 Å². The van der Waals surface area contributed by atoms with Crippen LogP contribution in [0.4, 0.5) is 5.69 Å². The van der Waals surface area contributed by atoms with Gasteiger partial charge in [-0.15, -0.1) is 0 Å². The highest BCUT2D eigenvalue weighted by Crippen LogP contribution is 2.33. The fraction of sp³-hybridized carbons (Fsp3) is 0.368. The Bertz CT molecular complexity index is 801. The van der Waals surface area contributed by atoms with Gasteiger partial charge in [0.05, 0.1) is 24.9 Å². The molecule has 0 fully saturated rings. The highest BCUT2D eigenvalue weighted by atomic mass is 16.5. The average Bonchev–Trinajstić information content (AvgIpc) is 3.20. The van der Waals surface area contributed by atoms with E-state index in [9.17, 15) is 9.59 Å². The van der Waals surface area contributed by atoms with E-state index in [0.29, 0.717) is 23.9 Å². The molecule has 0 bridgehead atoms. The second kappa shape index (κ2) is 7.61. The lowest BCUT2D eigenvalue weighted by Crippen LogP contribution is -2.38. The molecule has 2 N–H and O–H groups in total. The Morgan fingerprint density at radius 1 is 1.38 bits per heavy atom. The smallest absolute Gasteiger partial charge is 0.334 e. The first-order valence-electron chi connectivity index (χ1n) is 8.46. The van der Waals surface area contributed by atoms with Gasteiger partial charge >= 0.3 is 5.97 Å². The van der Waals surface area contributed by atoms with Crippen LogP contribution in [0.15, 0.2) is 41.0 Å². The van der Waals surface area contributed by atoms with Gasteiger partial charge in [0.1, 0.15) is 5.76 Å². The summed E-state index contributed by atoms with van der Waals surface area (Å²) in [6.07, 6.45) is 1.34. The Labute approximate surface area is 151 Å². The van der Waals surface area contributed by atoms with Crippen molar-refractivity contribution in [2.45, 2.75) is 32.0 Å². The summed E-state index contributed by atoms with van der Waals surface area (Å²) < 4.78 is 10.4. The summed E-state index contributed by atoms with van der Waals surface area (Å²) in [5.41, 5.74) is 2.83. The number of nitrogens with one attached hydrogen (secondary N) is 1. The monoisotopic (exact) mass is 358 g/mol. The number of hydrogen-bond donors (Lipinski definition) is 2. The number of ether oxygens (including phenoxy) is 1. The maximum Gasteiger partial charge on any atom is 0.334 e. The van der Waals surface area contributed by atoms with Gasteiger partial charge in [0.25, 0.3) is 5.91 Å². The van der Waals surface area contributed by atoms with Gasteiger partial charge in [-0.25, -0.2) is 4.79 Å². The summed E-state index contributed by atoms with van der Waals surface area (Å²) in [6, 6.07) is 10.1. The largest absolute Gasteiger partial charge is 0.479 e. The van der Waals surface area contributed by atoms with Gasteiger partial charge in [0.15, 0.2) is 6.10 Å². The molecule has 2 atom stereocenters. The Kier molecular flexibility index (Phi) is 5.27. The molecule has 1 aliphatic rings. The fourth-order valence-electron chi connectivity index (χ4n) is 3.24. The number of carbonyl (C=O) groups excluding carboxylic acids is 1. The number of amides is 1. The third-order valence-electron chi connectivity index (χ3n) is 4.66.